The summed E-state index contributed by atoms with van der Waals surface area (Å²) in [6.07, 6.45) is -2.86. The fourth-order valence-corrected chi connectivity index (χ4v) is 2.05. The maximum absolute atomic E-state index is 12.5. The number of amides is 1. The molecule has 25 heavy (non-hydrogen) atoms. The van der Waals surface area contributed by atoms with Gasteiger partial charge < -0.3 is 10.4 Å². The van der Waals surface area contributed by atoms with E-state index in [2.05, 4.69) is 17.7 Å². The van der Waals surface area contributed by atoms with Crippen LogP contribution in [0.4, 0.5) is 18.9 Å². The Balaban J connectivity index is 2.43. The predicted octanol–water partition coefficient (Wildman–Crippen LogP) is 3.05. The number of hydrogen-bond donors (Lipinski definition) is 4. The summed E-state index contributed by atoms with van der Waals surface area (Å²) in [5.41, 5.74) is 3.07. The first-order valence-corrected chi connectivity index (χ1v) is 8.20. The van der Waals surface area contributed by atoms with Crippen LogP contribution < -0.4 is 16.2 Å². The number of hydrazine groups is 1. The molecule has 0 fully saturated rings. The highest BCUT2D eigenvalue weighted by Crippen LogP contribution is 2.32. The number of aryl methyl sites for hydroxylation is 1. The SMILES string of the molecule is CCCCc1ccc(NC(=S)NNC(=O)C[C@@](C)(O)C(F)(F)F)cc1. The highest BCUT2D eigenvalue weighted by atomic mass is 32.1. The Hall–Kier alpha value is -1.87. The zero-order valence-corrected chi connectivity index (χ0v) is 14.9. The number of carbonyl (C=O) groups is 1. The lowest BCUT2D eigenvalue weighted by Gasteiger charge is -2.25. The zero-order valence-electron chi connectivity index (χ0n) is 14.0. The van der Waals surface area contributed by atoms with Crippen LogP contribution >= 0.6 is 12.2 Å². The molecule has 4 N–H and O–H groups in total. The molecule has 0 saturated carbocycles. The van der Waals surface area contributed by atoms with Gasteiger partial charge >= 0.3 is 6.18 Å². The first kappa shape index (κ1) is 21.2. The number of thiocarbonyl (C=S) groups is 1. The summed E-state index contributed by atoms with van der Waals surface area (Å²) in [6, 6.07) is 7.52. The van der Waals surface area contributed by atoms with Crippen LogP contribution in [0, 0.1) is 0 Å². The van der Waals surface area contributed by atoms with Crippen LogP contribution in [0.3, 0.4) is 0 Å². The maximum atomic E-state index is 12.5. The minimum atomic E-state index is -4.90. The number of unbranched alkanes of at least 4 members (excludes halogenated alkanes) is 1. The van der Waals surface area contributed by atoms with E-state index < -0.39 is 24.1 Å². The van der Waals surface area contributed by atoms with Crippen molar-refractivity contribution in [2.45, 2.75) is 51.3 Å². The fraction of sp³-hybridized carbons (Fsp3) is 0.500. The van der Waals surface area contributed by atoms with Crippen molar-refractivity contribution in [3.05, 3.63) is 29.8 Å². The molecule has 0 aliphatic carbocycles. The third-order valence-corrected chi connectivity index (χ3v) is 3.67. The molecule has 0 aliphatic heterocycles. The van der Waals surface area contributed by atoms with Gasteiger partial charge in [-0.25, -0.2) is 0 Å². The molecular formula is C16H22F3N3O2S. The molecule has 1 atom stereocenters. The second-order valence-electron chi connectivity index (χ2n) is 5.88. The van der Waals surface area contributed by atoms with E-state index in [1.54, 1.807) is 0 Å². The van der Waals surface area contributed by atoms with Gasteiger partial charge in [0, 0.05) is 5.69 Å². The van der Waals surface area contributed by atoms with Gasteiger partial charge in [0.1, 0.15) is 0 Å². The number of carbonyl (C=O) groups excluding carboxylic acids is 1. The van der Waals surface area contributed by atoms with Crippen molar-refractivity contribution in [3.63, 3.8) is 0 Å². The van der Waals surface area contributed by atoms with Crippen molar-refractivity contribution in [3.8, 4) is 0 Å². The van der Waals surface area contributed by atoms with Gasteiger partial charge in [0.05, 0.1) is 6.42 Å². The quantitative estimate of drug-likeness (QED) is 0.453. The van der Waals surface area contributed by atoms with E-state index in [1.165, 1.54) is 5.56 Å². The van der Waals surface area contributed by atoms with Crippen LogP contribution in [0.2, 0.25) is 0 Å². The number of nitrogens with one attached hydrogen (secondary N) is 3. The molecule has 0 bridgehead atoms. The summed E-state index contributed by atoms with van der Waals surface area (Å²) in [5.74, 6) is -1.04. The largest absolute Gasteiger partial charge is 0.417 e. The number of hydrogen-bond acceptors (Lipinski definition) is 3. The zero-order chi connectivity index (χ0) is 19.1. The molecule has 1 aromatic carbocycles. The fourth-order valence-electron chi connectivity index (χ4n) is 1.88. The summed E-state index contributed by atoms with van der Waals surface area (Å²) < 4.78 is 37.5. The second-order valence-corrected chi connectivity index (χ2v) is 6.28. The third kappa shape index (κ3) is 7.27. The minimum Gasteiger partial charge on any atom is -0.380 e. The smallest absolute Gasteiger partial charge is 0.380 e. The summed E-state index contributed by atoms with van der Waals surface area (Å²) >= 11 is 4.95. The Morgan fingerprint density at radius 1 is 1.20 bits per heavy atom. The number of benzene rings is 1. The summed E-state index contributed by atoms with van der Waals surface area (Å²) in [6.45, 7) is 2.64. The first-order chi connectivity index (χ1) is 11.5. The molecule has 0 unspecified atom stereocenters. The van der Waals surface area contributed by atoms with Crippen LogP contribution in [0.25, 0.3) is 0 Å². The van der Waals surface area contributed by atoms with Gasteiger partial charge in [-0.3, -0.25) is 15.6 Å². The van der Waals surface area contributed by atoms with Crippen molar-refractivity contribution in [1.82, 2.24) is 10.9 Å². The molecule has 0 heterocycles. The van der Waals surface area contributed by atoms with Crippen molar-refractivity contribution in [2.75, 3.05) is 5.32 Å². The van der Waals surface area contributed by atoms with E-state index in [-0.39, 0.29) is 5.11 Å². The molecule has 9 heteroatoms. The van der Waals surface area contributed by atoms with E-state index in [0.29, 0.717) is 12.6 Å². The van der Waals surface area contributed by atoms with Gasteiger partial charge in [-0.1, -0.05) is 25.5 Å². The lowest BCUT2D eigenvalue weighted by Crippen LogP contribution is -2.50. The van der Waals surface area contributed by atoms with E-state index in [4.69, 9.17) is 12.2 Å². The number of alkyl halides is 3. The van der Waals surface area contributed by atoms with Gasteiger partial charge in [0.2, 0.25) is 5.91 Å². The van der Waals surface area contributed by atoms with E-state index in [9.17, 15) is 23.1 Å². The van der Waals surface area contributed by atoms with E-state index in [1.807, 2.05) is 29.7 Å². The molecule has 0 saturated heterocycles. The average Bonchev–Trinajstić information content (AvgIpc) is 2.51. The average molecular weight is 377 g/mol. The van der Waals surface area contributed by atoms with Gasteiger partial charge in [-0.2, -0.15) is 13.2 Å². The second kappa shape index (κ2) is 9.00. The van der Waals surface area contributed by atoms with Crippen molar-refractivity contribution in [1.29, 1.82) is 0 Å². The Labute approximate surface area is 150 Å². The topological polar surface area (TPSA) is 73.4 Å². The minimum absolute atomic E-state index is 0.0151. The lowest BCUT2D eigenvalue weighted by atomic mass is 10.0. The Morgan fingerprint density at radius 3 is 2.32 bits per heavy atom. The number of halogens is 3. The van der Waals surface area contributed by atoms with Crippen molar-refractivity contribution >= 4 is 28.9 Å². The molecule has 0 radical (unpaired) electrons. The molecule has 1 amide bonds. The Morgan fingerprint density at radius 2 is 1.80 bits per heavy atom. The van der Waals surface area contributed by atoms with Crippen LogP contribution in [0.5, 0.6) is 0 Å². The highest BCUT2D eigenvalue weighted by Gasteiger charge is 2.51. The van der Waals surface area contributed by atoms with Crippen molar-refractivity contribution in [2.24, 2.45) is 0 Å². The van der Waals surface area contributed by atoms with Gasteiger partial charge in [0.25, 0.3) is 0 Å². The summed E-state index contributed by atoms with van der Waals surface area (Å²) in [5, 5.41) is 12.1. The van der Waals surface area contributed by atoms with Gasteiger partial charge in [-0.15, -0.1) is 0 Å². The molecule has 0 aromatic heterocycles. The maximum Gasteiger partial charge on any atom is 0.417 e. The summed E-state index contributed by atoms with van der Waals surface area (Å²) in [4.78, 5) is 11.5. The monoisotopic (exact) mass is 377 g/mol. The van der Waals surface area contributed by atoms with Crippen LogP contribution in [-0.4, -0.2) is 27.9 Å². The number of anilines is 1. The first-order valence-electron chi connectivity index (χ1n) is 7.79. The van der Waals surface area contributed by atoms with E-state index >= 15 is 0 Å². The van der Waals surface area contributed by atoms with Crippen LogP contribution in [0.1, 0.15) is 38.7 Å². The number of aliphatic hydroxyl groups is 1. The molecule has 140 valence electrons. The molecule has 1 rings (SSSR count). The molecular weight excluding hydrogens is 355 g/mol. The van der Waals surface area contributed by atoms with Crippen LogP contribution in [0.15, 0.2) is 24.3 Å². The van der Waals surface area contributed by atoms with E-state index in [0.717, 1.165) is 19.3 Å². The summed E-state index contributed by atoms with van der Waals surface area (Å²) in [7, 11) is 0. The normalized spacial score (nSPS) is 13.7. The highest BCUT2D eigenvalue weighted by molar-refractivity contribution is 7.80. The standard InChI is InChI=1S/C16H22F3N3O2S/c1-3-4-5-11-6-8-12(9-7-11)20-14(25)22-21-13(23)10-15(2,24)16(17,18)19/h6-9,24H,3-5,10H2,1-2H3,(H,21,23)(H2,20,22,25)/t15-/m1/s1. The van der Waals surface area contributed by atoms with Gasteiger partial charge in [-0.05, 0) is 49.7 Å². The lowest BCUT2D eigenvalue weighted by molar-refractivity contribution is -0.253. The van der Waals surface area contributed by atoms with Crippen molar-refractivity contribution < 1.29 is 23.1 Å². The van der Waals surface area contributed by atoms with Gasteiger partial charge in [0.15, 0.2) is 10.7 Å². The van der Waals surface area contributed by atoms with Crippen LogP contribution in [-0.2, 0) is 11.2 Å². The Kier molecular flexibility index (Phi) is 7.62. The molecule has 1 aromatic rings. The predicted molar refractivity (Wildman–Crippen MR) is 93.8 cm³/mol. The molecule has 0 spiro atoms. The molecule has 0 aliphatic rings. The Bertz CT molecular complexity index is 589. The third-order valence-electron chi connectivity index (χ3n) is 3.46. The number of rotatable bonds is 6. The molecule has 5 nitrogen and oxygen atoms in total.